The summed E-state index contributed by atoms with van der Waals surface area (Å²) in [7, 11) is 0. The molecule has 2 nitrogen and oxygen atoms in total. The van der Waals surface area contributed by atoms with Gasteiger partial charge in [-0.1, -0.05) is 53.7 Å². The van der Waals surface area contributed by atoms with Gasteiger partial charge in [0, 0.05) is 13.3 Å². The standard InChI is InChI=1S/C23H40O2/c1-10-19(16-22(6,7)8)20-11-13-21(14-12-20)25-23(9,15-17(2)3)24-18(4)5/h11-14,17-19H,10,15-16H2,1-9H3. The molecule has 1 aromatic rings. The molecule has 0 bridgehead atoms. The van der Waals surface area contributed by atoms with Crippen molar-refractivity contribution in [3.05, 3.63) is 29.8 Å². The maximum Gasteiger partial charge on any atom is 0.208 e. The first-order chi connectivity index (χ1) is 11.4. The SMILES string of the molecule is CCC(CC(C)(C)C)c1ccc(OC(C)(CC(C)C)OC(C)C)cc1. The van der Waals surface area contributed by atoms with Crippen molar-refractivity contribution in [2.75, 3.05) is 0 Å². The monoisotopic (exact) mass is 348 g/mol. The summed E-state index contributed by atoms with van der Waals surface area (Å²) in [5, 5.41) is 0. The molecule has 0 amide bonds. The molecule has 144 valence electrons. The van der Waals surface area contributed by atoms with Gasteiger partial charge in [0.15, 0.2) is 0 Å². The van der Waals surface area contributed by atoms with Crippen LogP contribution in [0.5, 0.6) is 5.75 Å². The van der Waals surface area contributed by atoms with Gasteiger partial charge in [0.05, 0.1) is 6.10 Å². The fraction of sp³-hybridized carbons (Fsp3) is 0.739. The molecule has 2 heteroatoms. The average molecular weight is 349 g/mol. The van der Waals surface area contributed by atoms with Gasteiger partial charge in [-0.15, -0.1) is 0 Å². The van der Waals surface area contributed by atoms with Gasteiger partial charge in [0.2, 0.25) is 5.79 Å². The van der Waals surface area contributed by atoms with Gasteiger partial charge >= 0.3 is 0 Å². The summed E-state index contributed by atoms with van der Waals surface area (Å²) < 4.78 is 12.4. The van der Waals surface area contributed by atoms with Crippen LogP contribution in [-0.4, -0.2) is 11.9 Å². The largest absolute Gasteiger partial charge is 0.463 e. The van der Waals surface area contributed by atoms with Crippen molar-refractivity contribution in [2.45, 2.75) is 99.4 Å². The minimum atomic E-state index is -0.584. The first kappa shape index (κ1) is 22.0. The molecule has 0 aromatic heterocycles. The molecule has 0 saturated heterocycles. The summed E-state index contributed by atoms with van der Waals surface area (Å²) in [6.07, 6.45) is 3.37. The average Bonchev–Trinajstić information content (AvgIpc) is 2.42. The predicted molar refractivity (Wildman–Crippen MR) is 108 cm³/mol. The molecule has 0 aliphatic carbocycles. The summed E-state index contributed by atoms with van der Waals surface area (Å²) in [5.74, 6) is 1.42. The minimum absolute atomic E-state index is 0.138. The summed E-state index contributed by atoms with van der Waals surface area (Å²) in [4.78, 5) is 0. The molecule has 2 atom stereocenters. The fourth-order valence-electron chi connectivity index (χ4n) is 3.65. The number of benzene rings is 1. The highest BCUT2D eigenvalue weighted by Crippen LogP contribution is 2.35. The first-order valence-electron chi connectivity index (χ1n) is 9.91. The van der Waals surface area contributed by atoms with Crippen LogP contribution in [0.15, 0.2) is 24.3 Å². The summed E-state index contributed by atoms with van der Waals surface area (Å²) in [5.41, 5.74) is 1.75. The van der Waals surface area contributed by atoms with E-state index in [1.54, 1.807) is 0 Å². The van der Waals surface area contributed by atoms with Gasteiger partial charge in [-0.05, 0) is 61.6 Å². The van der Waals surface area contributed by atoms with Gasteiger partial charge in [-0.25, -0.2) is 0 Å². The van der Waals surface area contributed by atoms with E-state index in [1.165, 1.54) is 18.4 Å². The molecule has 0 aliphatic heterocycles. The van der Waals surface area contributed by atoms with E-state index in [0.29, 0.717) is 17.3 Å². The Hall–Kier alpha value is -1.02. The highest BCUT2D eigenvalue weighted by atomic mass is 16.7. The zero-order valence-electron chi connectivity index (χ0n) is 18.0. The Bertz CT molecular complexity index is 484. The Morgan fingerprint density at radius 3 is 1.84 bits per heavy atom. The van der Waals surface area contributed by atoms with Crippen LogP contribution in [0.3, 0.4) is 0 Å². The fourth-order valence-corrected chi connectivity index (χ4v) is 3.65. The summed E-state index contributed by atoms with van der Waals surface area (Å²) >= 11 is 0. The lowest BCUT2D eigenvalue weighted by Gasteiger charge is -2.34. The third-order valence-corrected chi connectivity index (χ3v) is 4.30. The molecule has 0 N–H and O–H groups in total. The third-order valence-electron chi connectivity index (χ3n) is 4.30. The topological polar surface area (TPSA) is 18.5 Å². The van der Waals surface area contributed by atoms with E-state index in [0.717, 1.165) is 12.2 Å². The van der Waals surface area contributed by atoms with E-state index in [1.807, 2.05) is 0 Å². The molecule has 1 aromatic carbocycles. The summed E-state index contributed by atoms with van der Waals surface area (Å²) in [6, 6.07) is 8.65. The number of hydrogen-bond donors (Lipinski definition) is 0. The quantitative estimate of drug-likeness (QED) is 0.440. The number of rotatable bonds is 9. The maximum atomic E-state index is 6.27. The van der Waals surface area contributed by atoms with Crippen molar-refractivity contribution in [3.63, 3.8) is 0 Å². The molecular weight excluding hydrogens is 308 g/mol. The van der Waals surface area contributed by atoms with Gasteiger partial charge in [-0.3, -0.25) is 0 Å². The molecule has 0 fully saturated rings. The molecule has 0 radical (unpaired) electrons. The van der Waals surface area contributed by atoms with Crippen molar-refractivity contribution in [2.24, 2.45) is 11.3 Å². The van der Waals surface area contributed by atoms with Crippen LogP contribution in [0.25, 0.3) is 0 Å². The van der Waals surface area contributed by atoms with Crippen molar-refractivity contribution >= 4 is 0 Å². The zero-order valence-corrected chi connectivity index (χ0v) is 18.0. The van der Waals surface area contributed by atoms with E-state index in [9.17, 15) is 0 Å². The molecule has 25 heavy (non-hydrogen) atoms. The lowest BCUT2D eigenvalue weighted by Crippen LogP contribution is -2.39. The normalized spacial score (nSPS) is 16.1. The van der Waals surface area contributed by atoms with Crippen molar-refractivity contribution < 1.29 is 9.47 Å². The number of ether oxygens (including phenoxy) is 2. The second-order valence-electron chi connectivity index (χ2n) is 9.44. The van der Waals surface area contributed by atoms with Crippen LogP contribution >= 0.6 is 0 Å². The van der Waals surface area contributed by atoms with Gasteiger partial charge < -0.3 is 9.47 Å². The molecule has 0 aliphatic rings. The van der Waals surface area contributed by atoms with Crippen molar-refractivity contribution in [1.82, 2.24) is 0 Å². The van der Waals surface area contributed by atoms with E-state index in [-0.39, 0.29) is 6.10 Å². The van der Waals surface area contributed by atoms with E-state index >= 15 is 0 Å². The highest BCUT2D eigenvalue weighted by molar-refractivity contribution is 5.30. The Balaban J connectivity index is 2.89. The minimum Gasteiger partial charge on any atom is -0.463 e. The van der Waals surface area contributed by atoms with Gasteiger partial charge in [-0.2, -0.15) is 0 Å². The predicted octanol–water partition coefficient (Wildman–Crippen LogP) is 7.18. The van der Waals surface area contributed by atoms with Crippen LogP contribution in [0.1, 0.15) is 93.1 Å². The van der Waals surface area contributed by atoms with E-state index in [2.05, 4.69) is 86.6 Å². The summed E-state index contributed by atoms with van der Waals surface area (Å²) in [6.45, 7) is 19.8. The Labute approximate surface area is 156 Å². The molecule has 1 rings (SSSR count). The van der Waals surface area contributed by atoms with E-state index < -0.39 is 5.79 Å². The second-order valence-corrected chi connectivity index (χ2v) is 9.44. The van der Waals surface area contributed by atoms with Gasteiger partial charge in [0.25, 0.3) is 0 Å². The Morgan fingerprint density at radius 1 is 0.880 bits per heavy atom. The number of hydrogen-bond acceptors (Lipinski definition) is 2. The van der Waals surface area contributed by atoms with Crippen LogP contribution < -0.4 is 4.74 Å². The van der Waals surface area contributed by atoms with Crippen LogP contribution in [-0.2, 0) is 4.74 Å². The van der Waals surface area contributed by atoms with Crippen LogP contribution in [0, 0.1) is 11.3 Å². The molecular formula is C23H40O2. The smallest absolute Gasteiger partial charge is 0.208 e. The zero-order chi connectivity index (χ0) is 19.3. The lowest BCUT2D eigenvalue weighted by atomic mass is 9.80. The van der Waals surface area contributed by atoms with Gasteiger partial charge in [0.1, 0.15) is 5.75 Å². The Morgan fingerprint density at radius 2 is 1.44 bits per heavy atom. The van der Waals surface area contributed by atoms with Crippen LogP contribution in [0.2, 0.25) is 0 Å². The first-order valence-corrected chi connectivity index (χ1v) is 9.91. The van der Waals surface area contributed by atoms with Crippen LogP contribution in [0.4, 0.5) is 0 Å². The van der Waals surface area contributed by atoms with Crippen molar-refractivity contribution in [1.29, 1.82) is 0 Å². The maximum absolute atomic E-state index is 6.27. The molecule has 0 spiro atoms. The Kier molecular flexibility index (Phi) is 7.99. The molecule has 0 heterocycles. The molecule has 2 unspecified atom stereocenters. The van der Waals surface area contributed by atoms with Crippen molar-refractivity contribution in [3.8, 4) is 5.75 Å². The second kappa shape index (κ2) is 9.07. The molecule has 0 saturated carbocycles. The third kappa shape index (κ3) is 8.27. The highest BCUT2D eigenvalue weighted by Gasteiger charge is 2.30. The van der Waals surface area contributed by atoms with E-state index in [4.69, 9.17) is 9.47 Å². The lowest BCUT2D eigenvalue weighted by molar-refractivity contribution is -0.200.